The third-order valence-electron chi connectivity index (χ3n) is 4.71. The van der Waals surface area contributed by atoms with Gasteiger partial charge in [-0.15, -0.1) is 0 Å². The van der Waals surface area contributed by atoms with Gasteiger partial charge in [-0.2, -0.15) is 5.26 Å². The first-order valence-corrected chi connectivity index (χ1v) is 9.08. The molecule has 0 radical (unpaired) electrons. The van der Waals surface area contributed by atoms with Gasteiger partial charge in [0, 0.05) is 18.3 Å². The summed E-state index contributed by atoms with van der Waals surface area (Å²) < 4.78 is 0. The molecule has 1 aliphatic rings. The highest BCUT2D eigenvalue weighted by Crippen LogP contribution is 2.21. The summed E-state index contributed by atoms with van der Waals surface area (Å²) >= 11 is 0. The monoisotopic (exact) mass is 378 g/mol. The topological polar surface area (TPSA) is 111 Å². The van der Waals surface area contributed by atoms with Crippen LogP contribution in [0, 0.1) is 11.3 Å². The van der Waals surface area contributed by atoms with E-state index in [0.717, 1.165) is 10.5 Å². The molecule has 0 aliphatic carbocycles. The zero-order valence-electron chi connectivity index (χ0n) is 15.4. The summed E-state index contributed by atoms with van der Waals surface area (Å²) in [7, 11) is 0. The number of aliphatic hydroxyl groups is 1. The maximum atomic E-state index is 12.6. The van der Waals surface area contributed by atoms with Crippen LogP contribution in [0.3, 0.4) is 0 Å². The number of nitrogens with two attached hydrogens (primary N) is 1. The minimum atomic E-state index is -0.775. The molecule has 7 nitrogen and oxygen atoms in total. The molecular weight excluding hydrogens is 356 g/mol. The molecule has 1 aliphatic heterocycles. The number of hydrogen-bond donors (Lipinski definition) is 2. The number of nitriles is 1. The number of carbonyl (C=O) groups excluding carboxylic acids is 2. The number of aliphatic hydroxyl groups excluding tert-OH is 1. The summed E-state index contributed by atoms with van der Waals surface area (Å²) in [5, 5.41) is 19.5. The van der Waals surface area contributed by atoms with Crippen molar-refractivity contribution in [3.05, 3.63) is 65.7 Å². The molecule has 2 aromatic rings. The molecule has 3 rings (SSSR count). The average molecular weight is 378 g/mol. The first-order chi connectivity index (χ1) is 13.5. The lowest BCUT2D eigenvalue weighted by molar-refractivity contribution is -0.125. The van der Waals surface area contributed by atoms with Crippen LogP contribution in [-0.4, -0.2) is 47.2 Å². The van der Waals surface area contributed by atoms with Crippen LogP contribution in [0.25, 0.3) is 0 Å². The summed E-state index contributed by atoms with van der Waals surface area (Å²) in [6, 6.07) is 17.2. The molecule has 0 aromatic heterocycles. The Morgan fingerprint density at radius 3 is 2.50 bits per heavy atom. The van der Waals surface area contributed by atoms with Crippen LogP contribution in [0.1, 0.15) is 17.5 Å². The molecule has 1 fully saturated rings. The van der Waals surface area contributed by atoms with E-state index in [4.69, 9.17) is 11.0 Å². The highest BCUT2D eigenvalue weighted by Gasteiger charge is 2.37. The Balaban J connectivity index is 1.58. The van der Waals surface area contributed by atoms with Crippen molar-refractivity contribution in [2.75, 3.05) is 18.0 Å². The number of para-hydroxylation sites is 1. The number of anilines is 1. The van der Waals surface area contributed by atoms with Crippen molar-refractivity contribution in [2.24, 2.45) is 5.73 Å². The standard InChI is InChI=1S/C21H22N4O3/c22-12-16-7-5-4-6-15(16)10-19(26)11-17(23)13-25-20(27)14-24(21(25)28)18-8-2-1-3-9-18/h1-9,17,19,26H,10-11,13-14,23H2. The fourth-order valence-electron chi connectivity index (χ4n) is 3.33. The van der Waals surface area contributed by atoms with Crippen molar-refractivity contribution in [3.63, 3.8) is 0 Å². The van der Waals surface area contributed by atoms with Gasteiger partial charge in [0.05, 0.1) is 17.7 Å². The molecule has 0 saturated carbocycles. The van der Waals surface area contributed by atoms with Crippen molar-refractivity contribution in [3.8, 4) is 6.07 Å². The summed E-state index contributed by atoms with van der Waals surface area (Å²) in [5.74, 6) is -0.311. The molecule has 2 aromatic carbocycles. The van der Waals surface area contributed by atoms with Crippen molar-refractivity contribution in [2.45, 2.75) is 25.0 Å². The molecule has 2 atom stereocenters. The predicted octanol–water partition coefficient (Wildman–Crippen LogP) is 1.65. The highest BCUT2D eigenvalue weighted by atomic mass is 16.3. The molecule has 7 heteroatoms. The Kier molecular flexibility index (Phi) is 6.04. The largest absolute Gasteiger partial charge is 0.393 e. The van der Waals surface area contributed by atoms with Crippen molar-refractivity contribution in [1.29, 1.82) is 5.26 Å². The fraction of sp³-hybridized carbons (Fsp3) is 0.286. The Morgan fingerprint density at radius 1 is 1.11 bits per heavy atom. The quantitative estimate of drug-likeness (QED) is 0.712. The van der Waals surface area contributed by atoms with E-state index in [0.29, 0.717) is 11.3 Å². The van der Waals surface area contributed by atoms with Crippen LogP contribution in [0.2, 0.25) is 0 Å². The Hall–Kier alpha value is -3.21. The lowest BCUT2D eigenvalue weighted by Gasteiger charge is -2.22. The third-order valence-corrected chi connectivity index (χ3v) is 4.71. The zero-order valence-corrected chi connectivity index (χ0v) is 15.4. The molecule has 3 amide bonds. The summed E-state index contributed by atoms with van der Waals surface area (Å²) in [6.45, 7) is 0.0195. The normalized spacial score (nSPS) is 16.2. The van der Waals surface area contributed by atoms with Gasteiger partial charge < -0.3 is 10.8 Å². The Morgan fingerprint density at radius 2 is 1.79 bits per heavy atom. The highest BCUT2D eigenvalue weighted by molar-refractivity contribution is 6.12. The van der Waals surface area contributed by atoms with Gasteiger partial charge in [0.15, 0.2) is 0 Å². The molecule has 144 valence electrons. The second-order valence-electron chi connectivity index (χ2n) is 6.83. The number of rotatable bonds is 7. The van der Waals surface area contributed by atoms with E-state index >= 15 is 0 Å². The molecule has 28 heavy (non-hydrogen) atoms. The number of nitrogens with zero attached hydrogens (tertiary/aromatic N) is 3. The molecular formula is C21H22N4O3. The van der Waals surface area contributed by atoms with Gasteiger partial charge in [0.2, 0.25) is 0 Å². The molecule has 2 unspecified atom stereocenters. The Bertz CT molecular complexity index is 894. The van der Waals surface area contributed by atoms with Crippen LogP contribution in [0.4, 0.5) is 10.5 Å². The maximum absolute atomic E-state index is 12.6. The minimum Gasteiger partial charge on any atom is -0.393 e. The van der Waals surface area contributed by atoms with Crippen LogP contribution < -0.4 is 10.6 Å². The number of carbonyl (C=O) groups is 2. The second kappa shape index (κ2) is 8.65. The fourth-order valence-corrected chi connectivity index (χ4v) is 3.33. The van der Waals surface area contributed by atoms with Gasteiger partial charge in [-0.1, -0.05) is 36.4 Å². The number of benzene rings is 2. The molecule has 0 spiro atoms. The zero-order chi connectivity index (χ0) is 20.1. The van der Waals surface area contributed by atoms with Crippen LogP contribution >= 0.6 is 0 Å². The maximum Gasteiger partial charge on any atom is 0.331 e. The van der Waals surface area contributed by atoms with Crippen LogP contribution in [-0.2, 0) is 11.2 Å². The minimum absolute atomic E-state index is 0.0202. The van der Waals surface area contributed by atoms with Crippen molar-refractivity contribution < 1.29 is 14.7 Å². The van der Waals surface area contributed by atoms with Gasteiger partial charge in [-0.05, 0) is 36.6 Å². The van der Waals surface area contributed by atoms with E-state index in [1.54, 1.807) is 42.5 Å². The van der Waals surface area contributed by atoms with E-state index in [2.05, 4.69) is 6.07 Å². The van der Waals surface area contributed by atoms with Gasteiger partial charge in [-0.3, -0.25) is 14.6 Å². The Labute approximate surface area is 163 Å². The van der Waals surface area contributed by atoms with E-state index in [9.17, 15) is 14.7 Å². The van der Waals surface area contributed by atoms with E-state index in [-0.39, 0.29) is 31.8 Å². The van der Waals surface area contributed by atoms with E-state index in [1.807, 2.05) is 12.1 Å². The number of hydrogen-bond acceptors (Lipinski definition) is 5. The SMILES string of the molecule is N#Cc1ccccc1CC(O)CC(N)CN1C(=O)CN(c2ccccc2)C1=O. The van der Waals surface area contributed by atoms with E-state index < -0.39 is 18.2 Å². The van der Waals surface area contributed by atoms with Gasteiger partial charge in [0.25, 0.3) is 5.91 Å². The number of imide groups is 1. The van der Waals surface area contributed by atoms with Gasteiger partial charge in [-0.25, -0.2) is 4.79 Å². The predicted molar refractivity (Wildman–Crippen MR) is 104 cm³/mol. The second-order valence-corrected chi connectivity index (χ2v) is 6.83. The average Bonchev–Trinajstić information content (AvgIpc) is 2.97. The first kappa shape index (κ1) is 19.5. The summed E-state index contributed by atoms with van der Waals surface area (Å²) in [5.41, 5.74) is 8.01. The third kappa shape index (κ3) is 4.36. The lowest BCUT2D eigenvalue weighted by Crippen LogP contribution is -2.43. The molecule has 0 bridgehead atoms. The van der Waals surface area contributed by atoms with Crippen LogP contribution in [0.15, 0.2) is 54.6 Å². The smallest absolute Gasteiger partial charge is 0.331 e. The number of urea groups is 1. The molecule has 3 N–H and O–H groups in total. The molecule has 1 heterocycles. The van der Waals surface area contributed by atoms with Crippen LogP contribution in [0.5, 0.6) is 0 Å². The van der Waals surface area contributed by atoms with Gasteiger partial charge >= 0.3 is 6.03 Å². The summed E-state index contributed by atoms with van der Waals surface area (Å²) in [6.07, 6.45) is -0.278. The van der Waals surface area contributed by atoms with E-state index in [1.165, 1.54) is 4.90 Å². The summed E-state index contributed by atoms with van der Waals surface area (Å²) in [4.78, 5) is 27.4. The number of amides is 3. The van der Waals surface area contributed by atoms with Crippen molar-refractivity contribution in [1.82, 2.24) is 4.90 Å². The molecule has 1 saturated heterocycles. The van der Waals surface area contributed by atoms with Crippen molar-refractivity contribution >= 4 is 17.6 Å². The lowest BCUT2D eigenvalue weighted by atomic mass is 9.98. The first-order valence-electron chi connectivity index (χ1n) is 9.08. The van der Waals surface area contributed by atoms with Gasteiger partial charge in [0.1, 0.15) is 6.54 Å².